The molecule has 0 spiro atoms. The predicted molar refractivity (Wildman–Crippen MR) is 105 cm³/mol. The lowest BCUT2D eigenvalue weighted by molar-refractivity contribution is -0.275. The highest BCUT2D eigenvalue weighted by Crippen LogP contribution is 2.49. The lowest BCUT2D eigenvalue weighted by atomic mass is 9.86. The van der Waals surface area contributed by atoms with Crippen LogP contribution in [0.5, 0.6) is 0 Å². The Morgan fingerprint density at radius 1 is 1.11 bits per heavy atom. The number of halogens is 6. The van der Waals surface area contributed by atoms with Gasteiger partial charge in [-0.3, -0.25) is 0 Å². The highest BCUT2D eigenvalue weighted by atomic mass is 79.9. The van der Waals surface area contributed by atoms with Crippen molar-refractivity contribution in [2.24, 2.45) is 5.16 Å². The highest BCUT2D eigenvalue weighted by Gasteiger charge is 2.62. The van der Waals surface area contributed by atoms with Crippen molar-refractivity contribution in [3.8, 4) is 0 Å². The molecular weight excluding hydrogens is 466 g/mol. The minimum atomic E-state index is -4.70. The number of aryl methyl sites for hydroxylation is 1. The maximum atomic E-state index is 14.0. The largest absolute Gasteiger partial charge is 0.435 e. The molecule has 0 aliphatic carbocycles. The molecule has 27 heavy (non-hydrogen) atoms. The standard InChI is InChI=1S/C19H15BrCl2F3NO/c1-2-11-5-12(3-4-13(11)10-20)17-9-18(27-26-17,19(23,24)25)14-6-15(21)8-16(22)7-14/h3-8H,2,9-10H2,1H3. The Morgan fingerprint density at radius 2 is 1.78 bits per heavy atom. The summed E-state index contributed by atoms with van der Waals surface area (Å²) in [5, 5.41) is 4.67. The van der Waals surface area contributed by atoms with Crippen LogP contribution in [0.3, 0.4) is 0 Å². The molecular formula is C19H15BrCl2F3NO. The first-order chi connectivity index (χ1) is 12.7. The molecule has 0 aromatic heterocycles. The van der Waals surface area contributed by atoms with Crippen molar-refractivity contribution in [1.29, 1.82) is 0 Å². The number of nitrogens with zero attached hydrogens (tertiary/aromatic N) is 1. The van der Waals surface area contributed by atoms with Gasteiger partial charge < -0.3 is 4.84 Å². The van der Waals surface area contributed by atoms with Gasteiger partial charge in [-0.15, -0.1) is 0 Å². The Balaban J connectivity index is 2.02. The van der Waals surface area contributed by atoms with E-state index in [4.69, 9.17) is 28.0 Å². The second-order valence-corrected chi connectivity index (χ2v) is 7.69. The van der Waals surface area contributed by atoms with E-state index in [0.29, 0.717) is 10.9 Å². The molecule has 0 saturated heterocycles. The second-order valence-electron chi connectivity index (χ2n) is 6.26. The Morgan fingerprint density at radius 3 is 2.33 bits per heavy atom. The summed E-state index contributed by atoms with van der Waals surface area (Å²) in [5.74, 6) is 0. The average Bonchev–Trinajstić information content (AvgIpc) is 3.07. The molecule has 1 atom stereocenters. The zero-order valence-corrected chi connectivity index (χ0v) is 17.3. The summed E-state index contributed by atoms with van der Waals surface area (Å²) >= 11 is 15.3. The van der Waals surface area contributed by atoms with Crippen LogP contribution in [0.25, 0.3) is 0 Å². The minimum Gasteiger partial charge on any atom is -0.374 e. The molecule has 1 heterocycles. The van der Waals surface area contributed by atoms with Crippen molar-refractivity contribution < 1.29 is 18.0 Å². The van der Waals surface area contributed by atoms with Crippen LogP contribution in [0.4, 0.5) is 13.2 Å². The average molecular weight is 481 g/mol. The lowest BCUT2D eigenvalue weighted by Crippen LogP contribution is -2.42. The summed E-state index contributed by atoms with van der Waals surface area (Å²) in [5.41, 5.74) is 0.193. The molecule has 2 nitrogen and oxygen atoms in total. The lowest BCUT2D eigenvalue weighted by Gasteiger charge is -2.29. The van der Waals surface area contributed by atoms with E-state index in [2.05, 4.69) is 21.1 Å². The van der Waals surface area contributed by atoms with Gasteiger partial charge in [0.2, 0.25) is 0 Å². The quantitative estimate of drug-likeness (QED) is 0.430. The van der Waals surface area contributed by atoms with E-state index in [1.807, 2.05) is 19.1 Å². The van der Waals surface area contributed by atoms with E-state index >= 15 is 0 Å². The van der Waals surface area contributed by atoms with Crippen LogP contribution in [-0.2, 0) is 22.2 Å². The van der Waals surface area contributed by atoms with E-state index in [1.165, 1.54) is 18.2 Å². The number of hydrogen-bond acceptors (Lipinski definition) is 2. The first-order valence-electron chi connectivity index (χ1n) is 8.16. The Kier molecular flexibility index (Phi) is 5.80. The second kappa shape index (κ2) is 7.64. The summed E-state index contributed by atoms with van der Waals surface area (Å²) in [7, 11) is 0. The molecule has 0 N–H and O–H groups in total. The van der Waals surface area contributed by atoms with Crippen LogP contribution in [0.1, 0.15) is 35.6 Å². The van der Waals surface area contributed by atoms with Crippen LogP contribution >= 0.6 is 39.1 Å². The molecule has 0 amide bonds. The van der Waals surface area contributed by atoms with E-state index in [1.54, 1.807) is 6.07 Å². The highest BCUT2D eigenvalue weighted by molar-refractivity contribution is 9.08. The number of rotatable bonds is 4. The van der Waals surface area contributed by atoms with Crippen LogP contribution in [0, 0.1) is 0 Å². The van der Waals surface area contributed by atoms with Crippen LogP contribution in [0.15, 0.2) is 41.6 Å². The molecule has 2 aromatic carbocycles. The van der Waals surface area contributed by atoms with Gasteiger partial charge >= 0.3 is 6.18 Å². The molecule has 0 saturated carbocycles. The van der Waals surface area contributed by atoms with Crippen molar-refractivity contribution >= 4 is 44.8 Å². The van der Waals surface area contributed by atoms with E-state index in [0.717, 1.165) is 17.5 Å². The number of alkyl halides is 4. The first-order valence-corrected chi connectivity index (χ1v) is 10.0. The van der Waals surface area contributed by atoms with Crippen LogP contribution < -0.4 is 0 Å². The summed E-state index contributed by atoms with van der Waals surface area (Å²) in [4.78, 5) is 5.03. The van der Waals surface area contributed by atoms with Gasteiger partial charge in [0.05, 0.1) is 5.71 Å². The Bertz CT molecular complexity index is 881. The fourth-order valence-electron chi connectivity index (χ4n) is 3.11. The minimum absolute atomic E-state index is 0.105. The van der Waals surface area contributed by atoms with Crippen molar-refractivity contribution in [1.82, 2.24) is 0 Å². The first kappa shape index (κ1) is 20.5. The molecule has 3 rings (SSSR count). The number of oxime groups is 1. The summed E-state index contributed by atoms with van der Waals surface area (Å²) < 4.78 is 42.1. The fraction of sp³-hybridized carbons (Fsp3) is 0.316. The monoisotopic (exact) mass is 479 g/mol. The molecule has 144 valence electrons. The van der Waals surface area contributed by atoms with Gasteiger partial charge in [-0.25, -0.2) is 0 Å². The van der Waals surface area contributed by atoms with Gasteiger partial charge in [0, 0.05) is 27.4 Å². The molecule has 1 unspecified atom stereocenters. The normalized spacial score (nSPS) is 19.7. The van der Waals surface area contributed by atoms with Gasteiger partial charge in [0.25, 0.3) is 5.60 Å². The van der Waals surface area contributed by atoms with Crippen LogP contribution in [0.2, 0.25) is 10.0 Å². The summed E-state index contributed by atoms with van der Waals surface area (Å²) in [6.45, 7) is 1.99. The zero-order valence-electron chi connectivity index (χ0n) is 14.2. The number of benzene rings is 2. The van der Waals surface area contributed by atoms with Gasteiger partial charge in [-0.05, 0) is 47.4 Å². The molecule has 0 bridgehead atoms. The third kappa shape index (κ3) is 3.84. The molecule has 1 aliphatic rings. The van der Waals surface area contributed by atoms with Gasteiger partial charge in [0.1, 0.15) is 0 Å². The number of hydrogen-bond donors (Lipinski definition) is 0. The topological polar surface area (TPSA) is 21.6 Å². The smallest absolute Gasteiger partial charge is 0.374 e. The van der Waals surface area contributed by atoms with Crippen molar-refractivity contribution in [2.75, 3.05) is 0 Å². The molecule has 8 heteroatoms. The van der Waals surface area contributed by atoms with E-state index < -0.39 is 18.2 Å². The van der Waals surface area contributed by atoms with Gasteiger partial charge in [-0.1, -0.05) is 63.3 Å². The maximum absolute atomic E-state index is 14.0. The van der Waals surface area contributed by atoms with Crippen LogP contribution in [-0.4, -0.2) is 11.9 Å². The molecule has 0 radical (unpaired) electrons. The van der Waals surface area contributed by atoms with Crippen molar-refractivity contribution in [3.05, 3.63) is 68.7 Å². The summed E-state index contributed by atoms with van der Waals surface area (Å²) in [6.07, 6.45) is -4.39. The summed E-state index contributed by atoms with van der Waals surface area (Å²) in [6, 6.07) is 9.30. The Labute approximate surface area is 173 Å². The predicted octanol–water partition coefficient (Wildman–Crippen LogP) is 7.03. The van der Waals surface area contributed by atoms with Gasteiger partial charge in [-0.2, -0.15) is 13.2 Å². The maximum Gasteiger partial charge on any atom is 0.435 e. The SMILES string of the molecule is CCc1cc(C2=NOC(c3cc(Cl)cc(Cl)c3)(C(F)(F)F)C2)ccc1CBr. The molecule has 0 fully saturated rings. The fourth-order valence-corrected chi connectivity index (χ4v) is 4.18. The van der Waals surface area contributed by atoms with Crippen molar-refractivity contribution in [2.45, 2.75) is 36.9 Å². The van der Waals surface area contributed by atoms with Crippen molar-refractivity contribution in [3.63, 3.8) is 0 Å². The Hall–Kier alpha value is -1.24. The van der Waals surface area contributed by atoms with E-state index in [9.17, 15) is 13.2 Å². The molecule has 1 aliphatic heterocycles. The zero-order chi connectivity index (χ0) is 19.8. The molecule has 2 aromatic rings. The third-order valence-corrected chi connectivity index (χ3v) is 5.62. The third-order valence-electron chi connectivity index (χ3n) is 4.58. The van der Waals surface area contributed by atoms with Gasteiger partial charge in [0.15, 0.2) is 0 Å². The van der Waals surface area contributed by atoms with E-state index in [-0.39, 0.29) is 21.3 Å².